The van der Waals surface area contributed by atoms with Crippen molar-refractivity contribution in [1.29, 1.82) is 0 Å². The number of halogens is 4. The summed E-state index contributed by atoms with van der Waals surface area (Å²) in [7, 11) is 1.62. The number of rotatable bonds is 7. The zero-order valence-electron chi connectivity index (χ0n) is 10.7. The largest absolute Gasteiger partial charge is 0.489 e. The average Bonchev–Trinajstić information content (AvgIpc) is 2.29. The molecule has 1 aromatic rings. The molecule has 0 saturated heterocycles. The summed E-state index contributed by atoms with van der Waals surface area (Å²) in [5.74, 6) is -1.57. The van der Waals surface area contributed by atoms with E-state index in [1.54, 1.807) is 0 Å². The first kappa shape index (κ1) is 17.7. The van der Waals surface area contributed by atoms with Gasteiger partial charge in [-0.3, -0.25) is 0 Å². The van der Waals surface area contributed by atoms with Crippen molar-refractivity contribution in [1.82, 2.24) is 0 Å². The highest BCUT2D eigenvalue weighted by Crippen LogP contribution is 2.29. The Morgan fingerprint density at radius 3 is 2.55 bits per heavy atom. The van der Waals surface area contributed by atoms with Crippen LogP contribution in [-0.4, -0.2) is 20.8 Å². The first-order valence-corrected chi connectivity index (χ1v) is 9.16. The Balaban J connectivity index is 2.45. The van der Waals surface area contributed by atoms with Crippen LogP contribution in [0.3, 0.4) is 0 Å². The molecular formula is C12H14BrClF2O3S. The lowest BCUT2D eigenvalue weighted by molar-refractivity contribution is 0.268. The van der Waals surface area contributed by atoms with Crippen LogP contribution in [0, 0.1) is 17.6 Å². The molecule has 0 saturated carbocycles. The zero-order chi connectivity index (χ0) is 15.3. The van der Waals surface area contributed by atoms with Gasteiger partial charge in [-0.15, -0.1) is 0 Å². The Morgan fingerprint density at radius 1 is 1.35 bits per heavy atom. The molecule has 1 aromatic carbocycles. The summed E-state index contributed by atoms with van der Waals surface area (Å²) in [4.78, 5) is 0. The molecule has 0 aromatic heterocycles. The third kappa shape index (κ3) is 6.37. The predicted octanol–water partition coefficient (Wildman–Crippen LogP) is 4.09. The summed E-state index contributed by atoms with van der Waals surface area (Å²) in [6, 6.07) is 1.85. The molecule has 0 spiro atoms. The van der Waals surface area contributed by atoms with Crippen molar-refractivity contribution < 1.29 is 21.9 Å². The Hall–Kier alpha value is -0.400. The summed E-state index contributed by atoms with van der Waals surface area (Å²) in [6.07, 6.45) is 0.942. The molecule has 1 rings (SSSR count). The van der Waals surface area contributed by atoms with Gasteiger partial charge in [0.15, 0.2) is 11.6 Å². The van der Waals surface area contributed by atoms with E-state index in [1.807, 2.05) is 6.92 Å². The van der Waals surface area contributed by atoms with E-state index in [0.717, 1.165) is 12.1 Å². The maximum atomic E-state index is 13.4. The van der Waals surface area contributed by atoms with Crippen molar-refractivity contribution in [3.05, 3.63) is 28.2 Å². The minimum absolute atomic E-state index is 0.0523. The number of benzene rings is 1. The molecule has 3 nitrogen and oxygen atoms in total. The topological polar surface area (TPSA) is 43.4 Å². The summed E-state index contributed by atoms with van der Waals surface area (Å²) in [5.41, 5.74) is 0. The van der Waals surface area contributed by atoms with Crippen LogP contribution in [-0.2, 0) is 9.05 Å². The maximum absolute atomic E-state index is 13.4. The van der Waals surface area contributed by atoms with E-state index in [9.17, 15) is 17.2 Å². The summed E-state index contributed by atoms with van der Waals surface area (Å²) >= 11 is 3.02. The molecule has 8 heteroatoms. The van der Waals surface area contributed by atoms with Crippen molar-refractivity contribution >= 4 is 35.7 Å². The maximum Gasteiger partial charge on any atom is 0.232 e. The van der Waals surface area contributed by atoms with Gasteiger partial charge in [-0.05, 0) is 40.8 Å². The van der Waals surface area contributed by atoms with E-state index in [0.29, 0.717) is 12.8 Å². The van der Waals surface area contributed by atoms with Gasteiger partial charge >= 0.3 is 0 Å². The molecule has 0 N–H and O–H groups in total. The van der Waals surface area contributed by atoms with Crippen molar-refractivity contribution in [2.24, 2.45) is 5.92 Å². The molecular weight excluding hydrogens is 378 g/mol. The van der Waals surface area contributed by atoms with Gasteiger partial charge in [-0.25, -0.2) is 17.2 Å². The van der Waals surface area contributed by atoms with Gasteiger partial charge in [0.25, 0.3) is 0 Å². The van der Waals surface area contributed by atoms with Gasteiger partial charge in [-0.1, -0.05) is 6.92 Å². The van der Waals surface area contributed by atoms with Gasteiger partial charge in [-0.2, -0.15) is 0 Å². The fourth-order valence-electron chi connectivity index (χ4n) is 1.52. The summed E-state index contributed by atoms with van der Waals surface area (Å²) in [5, 5.41) is 0. The van der Waals surface area contributed by atoms with E-state index in [4.69, 9.17) is 15.4 Å². The summed E-state index contributed by atoms with van der Waals surface area (Å²) in [6.45, 7) is 2.05. The van der Waals surface area contributed by atoms with Gasteiger partial charge < -0.3 is 4.74 Å². The van der Waals surface area contributed by atoms with Crippen LogP contribution in [0.4, 0.5) is 8.78 Å². The van der Waals surface area contributed by atoms with Crippen LogP contribution in [0.25, 0.3) is 0 Å². The lowest BCUT2D eigenvalue weighted by atomic mass is 10.1. The minimum Gasteiger partial charge on any atom is -0.489 e. The second-order valence-corrected chi connectivity index (χ2v) is 8.22. The molecule has 0 bridgehead atoms. The van der Waals surface area contributed by atoms with Crippen LogP contribution in [0.15, 0.2) is 16.6 Å². The monoisotopic (exact) mass is 390 g/mol. The Kier molecular flexibility index (Phi) is 6.68. The van der Waals surface area contributed by atoms with Gasteiger partial charge in [0.1, 0.15) is 5.82 Å². The van der Waals surface area contributed by atoms with E-state index < -0.39 is 20.7 Å². The Morgan fingerprint density at radius 2 is 2.00 bits per heavy atom. The third-order valence-corrected chi connectivity index (χ3v) is 4.45. The molecule has 114 valence electrons. The van der Waals surface area contributed by atoms with Crippen LogP contribution in [0.5, 0.6) is 5.75 Å². The van der Waals surface area contributed by atoms with Crippen LogP contribution < -0.4 is 4.74 Å². The molecule has 0 amide bonds. The quantitative estimate of drug-likeness (QED) is 0.658. The van der Waals surface area contributed by atoms with E-state index in [-0.39, 0.29) is 28.5 Å². The Bertz CT molecular complexity index is 543. The third-order valence-electron chi connectivity index (χ3n) is 2.67. The Labute approximate surface area is 129 Å². The molecule has 20 heavy (non-hydrogen) atoms. The minimum atomic E-state index is -3.49. The van der Waals surface area contributed by atoms with E-state index in [1.165, 1.54) is 0 Å². The SMILES string of the molecule is CC(CCOc1c(F)cc(F)cc1Br)CCS(=O)(=O)Cl. The molecule has 0 heterocycles. The number of hydrogen-bond donors (Lipinski definition) is 0. The summed E-state index contributed by atoms with van der Waals surface area (Å²) < 4.78 is 53.4. The second-order valence-electron chi connectivity index (χ2n) is 4.47. The highest BCUT2D eigenvalue weighted by Gasteiger charge is 2.13. The highest BCUT2D eigenvalue weighted by atomic mass is 79.9. The first-order chi connectivity index (χ1) is 9.19. The van der Waals surface area contributed by atoms with Gasteiger partial charge in [0.05, 0.1) is 16.8 Å². The van der Waals surface area contributed by atoms with E-state index >= 15 is 0 Å². The predicted molar refractivity (Wildman–Crippen MR) is 77.6 cm³/mol. The van der Waals surface area contributed by atoms with Crippen molar-refractivity contribution in [3.63, 3.8) is 0 Å². The normalized spacial score (nSPS) is 13.2. The van der Waals surface area contributed by atoms with Gasteiger partial charge in [0.2, 0.25) is 9.05 Å². The lowest BCUT2D eigenvalue weighted by Crippen LogP contribution is -2.09. The molecule has 0 fully saturated rings. The average molecular weight is 392 g/mol. The standard InChI is InChI=1S/C12H14BrClF2O3S/c1-8(3-5-20(14,17)18)2-4-19-12-10(13)6-9(15)7-11(12)16/h6-8H,2-5H2,1H3. The van der Waals surface area contributed by atoms with E-state index in [2.05, 4.69) is 15.9 Å². The highest BCUT2D eigenvalue weighted by molar-refractivity contribution is 9.10. The fraction of sp³-hybridized carbons (Fsp3) is 0.500. The molecule has 0 aliphatic carbocycles. The van der Waals surface area contributed by atoms with Crippen LogP contribution in [0.2, 0.25) is 0 Å². The lowest BCUT2D eigenvalue weighted by Gasteiger charge is -2.13. The molecule has 0 aliphatic heterocycles. The zero-order valence-corrected chi connectivity index (χ0v) is 13.9. The fourth-order valence-corrected chi connectivity index (χ4v) is 2.99. The second kappa shape index (κ2) is 7.56. The van der Waals surface area contributed by atoms with Crippen LogP contribution in [0.1, 0.15) is 19.8 Å². The number of ether oxygens (including phenoxy) is 1. The molecule has 1 atom stereocenters. The van der Waals surface area contributed by atoms with Crippen molar-refractivity contribution in [2.45, 2.75) is 19.8 Å². The number of hydrogen-bond acceptors (Lipinski definition) is 3. The molecule has 1 unspecified atom stereocenters. The molecule has 0 radical (unpaired) electrons. The van der Waals surface area contributed by atoms with Crippen LogP contribution >= 0.6 is 26.6 Å². The first-order valence-electron chi connectivity index (χ1n) is 5.88. The van der Waals surface area contributed by atoms with Gasteiger partial charge in [0, 0.05) is 16.7 Å². The molecule has 0 aliphatic rings. The van der Waals surface area contributed by atoms with Crippen molar-refractivity contribution in [3.8, 4) is 5.75 Å². The van der Waals surface area contributed by atoms with Crippen molar-refractivity contribution in [2.75, 3.05) is 12.4 Å². The smallest absolute Gasteiger partial charge is 0.232 e.